The van der Waals surface area contributed by atoms with Crippen LogP contribution in [-0.4, -0.2) is 86.0 Å². The number of nitrogens with zero attached hydrogens (tertiary/aromatic N) is 1. The van der Waals surface area contributed by atoms with Crippen molar-refractivity contribution in [2.45, 2.75) is 56.3 Å². The molecule has 0 saturated carbocycles. The van der Waals surface area contributed by atoms with E-state index in [1.807, 2.05) is 6.26 Å². The molecule has 10 N–H and O–H groups in total. The predicted octanol–water partition coefficient (Wildman–Crippen LogP) is -1.21. The molecule has 2 rings (SSSR count). The summed E-state index contributed by atoms with van der Waals surface area (Å²) < 4.78 is 0. The number of benzene rings is 1. The molecule has 14 nitrogen and oxygen atoms in total. The number of phenolic OH excluding ortho intramolecular Hbond substituents is 1. The number of carboxylic acid groups (broad SMARTS) is 1. The fourth-order valence-corrected chi connectivity index (χ4v) is 4.12. The van der Waals surface area contributed by atoms with Gasteiger partial charge in [0.05, 0.1) is 12.4 Å². The fourth-order valence-electron chi connectivity index (χ4n) is 3.65. The van der Waals surface area contributed by atoms with Crippen LogP contribution < -0.4 is 27.4 Å². The number of carbonyl (C=O) groups is 5. The highest BCUT2D eigenvalue weighted by atomic mass is 32.2. The van der Waals surface area contributed by atoms with E-state index in [9.17, 15) is 34.2 Å². The first-order chi connectivity index (χ1) is 19.0. The standard InChI is InChI=1S/C25H35N7O7S/c1-40-9-8-18(23(36)32-20(25(38)39)11-15-12-28-13-29-15)30-24(37)19(10-14-2-4-16(33)5-3-14)31-22(35)17(26)6-7-21(27)34/h2-5,12-13,17-20,33H,6-11,26H2,1H3,(H2,27,34)(H,28,29)(H,30,37)(H,31,35)(H,32,36)(H,38,39). The van der Waals surface area contributed by atoms with Gasteiger partial charge < -0.3 is 42.6 Å². The molecule has 4 unspecified atom stereocenters. The molecule has 0 aliphatic carbocycles. The second kappa shape index (κ2) is 16.1. The van der Waals surface area contributed by atoms with Crippen LogP contribution in [0.3, 0.4) is 0 Å². The van der Waals surface area contributed by atoms with Crippen molar-refractivity contribution in [2.75, 3.05) is 12.0 Å². The number of hydrogen-bond donors (Lipinski definition) is 8. The maximum absolute atomic E-state index is 13.4. The molecule has 1 aromatic carbocycles. The zero-order valence-corrected chi connectivity index (χ0v) is 22.8. The molecule has 218 valence electrons. The van der Waals surface area contributed by atoms with Gasteiger partial charge in [-0.3, -0.25) is 19.2 Å². The fraction of sp³-hybridized carbons (Fsp3) is 0.440. The number of aliphatic carboxylic acids is 1. The number of nitrogens with one attached hydrogen (secondary N) is 4. The van der Waals surface area contributed by atoms with Crippen LogP contribution >= 0.6 is 11.8 Å². The molecule has 4 amide bonds. The number of H-pyrrole nitrogens is 1. The Labute approximate surface area is 235 Å². The van der Waals surface area contributed by atoms with Gasteiger partial charge in [-0.2, -0.15) is 11.8 Å². The monoisotopic (exact) mass is 577 g/mol. The van der Waals surface area contributed by atoms with Crippen LogP contribution in [0.25, 0.3) is 0 Å². The molecule has 1 heterocycles. The quantitative estimate of drug-likeness (QED) is 0.111. The SMILES string of the molecule is CSCCC(NC(=O)C(Cc1ccc(O)cc1)NC(=O)C(N)CCC(N)=O)C(=O)NC(Cc1cnc[nH]1)C(=O)O. The van der Waals surface area contributed by atoms with E-state index in [0.29, 0.717) is 17.0 Å². The Bertz CT molecular complexity index is 1140. The van der Waals surface area contributed by atoms with Crippen LogP contribution in [0.2, 0.25) is 0 Å². The zero-order valence-electron chi connectivity index (χ0n) is 22.0. The average Bonchev–Trinajstić information content (AvgIpc) is 3.42. The number of nitrogens with two attached hydrogens (primary N) is 2. The summed E-state index contributed by atoms with van der Waals surface area (Å²) in [7, 11) is 0. The van der Waals surface area contributed by atoms with Gasteiger partial charge in [-0.1, -0.05) is 12.1 Å². The number of aromatic nitrogens is 2. The number of imidazole rings is 1. The lowest BCUT2D eigenvalue weighted by Gasteiger charge is -2.25. The Morgan fingerprint density at radius 1 is 0.950 bits per heavy atom. The Kier molecular flexibility index (Phi) is 12.9. The van der Waals surface area contributed by atoms with E-state index in [1.54, 1.807) is 12.1 Å². The molecule has 1 aromatic heterocycles. The Morgan fingerprint density at radius 3 is 2.15 bits per heavy atom. The van der Waals surface area contributed by atoms with E-state index in [-0.39, 0.29) is 37.9 Å². The third kappa shape index (κ3) is 10.9. The first kappa shape index (κ1) is 32.1. The number of primary amides is 1. The minimum absolute atomic E-state index is 0.00512. The molecule has 0 saturated heterocycles. The molecular weight excluding hydrogens is 542 g/mol. The second-order valence-electron chi connectivity index (χ2n) is 9.07. The van der Waals surface area contributed by atoms with Gasteiger partial charge >= 0.3 is 5.97 Å². The minimum atomic E-state index is -1.28. The van der Waals surface area contributed by atoms with Gasteiger partial charge in [0.1, 0.15) is 23.9 Å². The summed E-state index contributed by atoms with van der Waals surface area (Å²) in [5, 5.41) is 26.8. The van der Waals surface area contributed by atoms with Gasteiger partial charge in [-0.15, -0.1) is 0 Å². The number of carboxylic acids is 1. The molecule has 0 radical (unpaired) electrons. The number of aromatic amines is 1. The highest BCUT2D eigenvalue weighted by Gasteiger charge is 2.30. The van der Waals surface area contributed by atoms with Crippen molar-refractivity contribution in [3.05, 3.63) is 48.0 Å². The van der Waals surface area contributed by atoms with Gasteiger partial charge in [0.25, 0.3) is 0 Å². The van der Waals surface area contributed by atoms with Gasteiger partial charge in [0.2, 0.25) is 23.6 Å². The summed E-state index contributed by atoms with van der Waals surface area (Å²) >= 11 is 1.43. The van der Waals surface area contributed by atoms with E-state index in [1.165, 1.54) is 36.4 Å². The molecule has 15 heteroatoms. The molecule has 0 aliphatic heterocycles. The van der Waals surface area contributed by atoms with Crippen LogP contribution in [0.5, 0.6) is 5.75 Å². The average molecular weight is 578 g/mol. The molecule has 40 heavy (non-hydrogen) atoms. The molecular formula is C25H35N7O7S. The maximum Gasteiger partial charge on any atom is 0.326 e. The van der Waals surface area contributed by atoms with Gasteiger partial charge in [0.15, 0.2) is 0 Å². The van der Waals surface area contributed by atoms with E-state index in [0.717, 1.165) is 0 Å². The molecule has 0 spiro atoms. The smallest absolute Gasteiger partial charge is 0.326 e. The Hall–Kier alpha value is -4.11. The van der Waals surface area contributed by atoms with Crippen molar-refractivity contribution in [3.63, 3.8) is 0 Å². The molecule has 4 atom stereocenters. The predicted molar refractivity (Wildman–Crippen MR) is 147 cm³/mol. The summed E-state index contributed by atoms with van der Waals surface area (Å²) in [5.74, 6) is -3.51. The number of thioether (sulfide) groups is 1. The molecule has 0 bridgehead atoms. The van der Waals surface area contributed by atoms with Crippen LogP contribution in [0, 0.1) is 0 Å². The second-order valence-corrected chi connectivity index (χ2v) is 10.1. The van der Waals surface area contributed by atoms with E-state index < -0.39 is 53.8 Å². The first-order valence-corrected chi connectivity index (χ1v) is 13.8. The van der Waals surface area contributed by atoms with Crippen LogP contribution in [-0.2, 0) is 36.8 Å². The van der Waals surface area contributed by atoms with E-state index in [2.05, 4.69) is 25.9 Å². The van der Waals surface area contributed by atoms with Crippen molar-refractivity contribution >= 4 is 41.4 Å². The van der Waals surface area contributed by atoms with Crippen molar-refractivity contribution in [1.29, 1.82) is 0 Å². The molecule has 0 fully saturated rings. The normalized spacial score (nSPS) is 13.8. The highest BCUT2D eigenvalue weighted by molar-refractivity contribution is 7.98. The van der Waals surface area contributed by atoms with Crippen molar-refractivity contribution in [1.82, 2.24) is 25.9 Å². The lowest BCUT2D eigenvalue weighted by molar-refractivity contribution is -0.142. The van der Waals surface area contributed by atoms with Crippen LogP contribution in [0.15, 0.2) is 36.8 Å². The van der Waals surface area contributed by atoms with Crippen molar-refractivity contribution in [2.24, 2.45) is 11.5 Å². The number of aromatic hydroxyl groups is 1. The largest absolute Gasteiger partial charge is 0.508 e. The summed E-state index contributed by atoms with van der Waals surface area (Å²) in [6.45, 7) is 0. The lowest BCUT2D eigenvalue weighted by atomic mass is 10.0. The number of rotatable bonds is 17. The third-order valence-corrected chi connectivity index (χ3v) is 6.53. The Balaban J connectivity index is 2.20. The summed E-state index contributed by atoms with van der Waals surface area (Å²) in [6, 6.07) is 1.30. The van der Waals surface area contributed by atoms with Crippen LogP contribution in [0.4, 0.5) is 0 Å². The first-order valence-electron chi connectivity index (χ1n) is 12.4. The maximum atomic E-state index is 13.4. The Morgan fingerprint density at radius 2 is 1.57 bits per heavy atom. The molecule has 0 aliphatic rings. The summed E-state index contributed by atoms with van der Waals surface area (Å²) in [5.41, 5.74) is 12.1. The highest BCUT2D eigenvalue weighted by Crippen LogP contribution is 2.12. The van der Waals surface area contributed by atoms with Gasteiger partial charge in [0, 0.05) is 31.2 Å². The summed E-state index contributed by atoms with van der Waals surface area (Å²) in [6.07, 6.45) is 4.63. The number of carbonyl (C=O) groups excluding carboxylic acids is 4. The zero-order chi connectivity index (χ0) is 29.7. The van der Waals surface area contributed by atoms with Crippen LogP contribution in [0.1, 0.15) is 30.5 Å². The van der Waals surface area contributed by atoms with E-state index in [4.69, 9.17) is 11.5 Å². The number of phenols is 1. The summed E-state index contributed by atoms with van der Waals surface area (Å²) in [4.78, 5) is 68.7. The molecule has 2 aromatic rings. The van der Waals surface area contributed by atoms with Gasteiger partial charge in [-0.05, 0) is 42.5 Å². The van der Waals surface area contributed by atoms with Crippen molar-refractivity contribution in [3.8, 4) is 5.75 Å². The minimum Gasteiger partial charge on any atom is -0.508 e. The number of amides is 4. The van der Waals surface area contributed by atoms with E-state index >= 15 is 0 Å². The number of hydrogen-bond acceptors (Lipinski definition) is 9. The topological polar surface area (TPSA) is 243 Å². The lowest BCUT2D eigenvalue weighted by Crippen LogP contribution is -2.58. The van der Waals surface area contributed by atoms with Gasteiger partial charge in [-0.25, -0.2) is 9.78 Å². The third-order valence-electron chi connectivity index (χ3n) is 5.88. The van der Waals surface area contributed by atoms with Crippen molar-refractivity contribution < 1.29 is 34.2 Å².